The average Bonchev–Trinajstić information content (AvgIpc) is 2.65. The van der Waals surface area contributed by atoms with Gasteiger partial charge in [-0.1, -0.05) is 6.07 Å². The van der Waals surface area contributed by atoms with E-state index in [0.29, 0.717) is 0 Å². The lowest BCUT2D eigenvalue weighted by molar-refractivity contribution is 0.771. The molecule has 1 aromatic heterocycles. The van der Waals surface area contributed by atoms with Gasteiger partial charge in [-0.15, -0.1) is 0 Å². The second kappa shape index (κ2) is 3.77. The van der Waals surface area contributed by atoms with Crippen LogP contribution in [0.3, 0.4) is 0 Å². The number of anilines is 1. The summed E-state index contributed by atoms with van der Waals surface area (Å²) in [6.07, 6.45) is 1.96. The summed E-state index contributed by atoms with van der Waals surface area (Å²) in [5.41, 5.74) is 4.56. The van der Waals surface area contributed by atoms with E-state index in [4.69, 9.17) is 0 Å². The van der Waals surface area contributed by atoms with Crippen LogP contribution in [-0.2, 0) is 7.05 Å². The standard InChI is InChI=1S/C12H15N3/c1-9-4-5-10(13-2)8-11(9)12-6-7-15(3)14-12/h4-8,13H,1-3H3. The Morgan fingerprint density at radius 1 is 1.27 bits per heavy atom. The summed E-state index contributed by atoms with van der Waals surface area (Å²) in [4.78, 5) is 0. The second-order valence-corrected chi connectivity index (χ2v) is 3.65. The molecule has 0 fully saturated rings. The van der Waals surface area contributed by atoms with Crippen LogP contribution in [0.2, 0.25) is 0 Å². The van der Waals surface area contributed by atoms with Gasteiger partial charge in [0, 0.05) is 31.5 Å². The number of nitrogens with zero attached hydrogens (tertiary/aromatic N) is 2. The third-order valence-electron chi connectivity index (χ3n) is 2.52. The molecule has 0 saturated heterocycles. The highest BCUT2D eigenvalue weighted by Gasteiger charge is 2.05. The Labute approximate surface area is 89.7 Å². The van der Waals surface area contributed by atoms with Crippen LogP contribution in [0, 0.1) is 6.92 Å². The minimum Gasteiger partial charge on any atom is -0.388 e. The number of aryl methyl sites for hydroxylation is 2. The zero-order valence-electron chi connectivity index (χ0n) is 9.28. The predicted octanol–water partition coefficient (Wildman–Crippen LogP) is 2.44. The van der Waals surface area contributed by atoms with Crippen LogP contribution in [0.25, 0.3) is 11.3 Å². The van der Waals surface area contributed by atoms with Crippen LogP contribution in [-0.4, -0.2) is 16.8 Å². The van der Waals surface area contributed by atoms with E-state index in [9.17, 15) is 0 Å². The van der Waals surface area contributed by atoms with Crippen LogP contribution in [0.4, 0.5) is 5.69 Å². The van der Waals surface area contributed by atoms with Gasteiger partial charge in [0.25, 0.3) is 0 Å². The van der Waals surface area contributed by atoms with Gasteiger partial charge >= 0.3 is 0 Å². The molecule has 15 heavy (non-hydrogen) atoms. The maximum absolute atomic E-state index is 4.41. The summed E-state index contributed by atoms with van der Waals surface area (Å²) < 4.78 is 1.82. The molecule has 0 unspecified atom stereocenters. The van der Waals surface area contributed by atoms with Gasteiger partial charge in [0.15, 0.2) is 0 Å². The first-order valence-corrected chi connectivity index (χ1v) is 4.99. The van der Waals surface area contributed by atoms with Gasteiger partial charge in [-0.25, -0.2) is 0 Å². The van der Waals surface area contributed by atoms with Gasteiger partial charge in [0.2, 0.25) is 0 Å². The molecule has 1 aromatic carbocycles. The highest BCUT2D eigenvalue weighted by Crippen LogP contribution is 2.24. The maximum Gasteiger partial charge on any atom is 0.0926 e. The van der Waals surface area contributed by atoms with E-state index in [1.165, 1.54) is 11.1 Å². The number of hydrogen-bond donors (Lipinski definition) is 1. The summed E-state index contributed by atoms with van der Waals surface area (Å²) in [7, 11) is 3.85. The molecule has 3 heteroatoms. The molecule has 2 aromatic rings. The van der Waals surface area contributed by atoms with Crippen LogP contribution >= 0.6 is 0 Å². The quantitative estimate of drug-likeness (QED) is 0.808. The third kappa shape index (κ3) is 1.86. The lowest BCUT2D eigenvalue weighted by atomic mass is 10.1. The van der Waals surface area contributed by atoms with Crippen molar-refractivity contribution in [2.75, 3.05) is 12.4 Å². The lowest BCUT2D eigenvalue weighted by Crippen LogP contribution is -1.92. The van der Waals surface area contributed by atoms with Gasteiger partial charge in [-0.05, 0) is 30.7 Å². The number of nitrogens with one attached hydrogen (secondary N) is 1. The van der Waals surface area contributed by atoms with Crippen LogP contribution in [0.15, 0.2) is 30.5 Å². The van der Waals surface area contributed by atoms with E-state index in [-0.39, 0.29) is 0 Å². The normalized spacial score (nSPS) is 10.3. The van der Waals surface area contributed by atoms with Gasteiger partial charge < -0.3 is 5.32 Å². The summed E-state index contributed by atoms with van der Waals surface area (Å²) in [5.74, 6) is 0. The van der Waals surface area contributed by atoms with Crippen molar-refractivity contribution in [2.24, 2.45) is 7.05 Å². The molecule has 0 atom stereocenters. The van der Waals surface area contributed by atoms with E-state index in [0.717, 1.165) is 11.4 Å². The molecule has 0 bridgehead atoms. The first-order chi connectivity index (χ1) is 7.20. The molecule has 0 amide bonds. The molecule has 1 N–H and O–H groups in total. The second-order valence-electron chi connectivity index (χ2n) is 3.65. The smallest absolute Gasteiger partial charge is 0.0926 e. The van der Waals surface area contributed by atoms with Gasteiger partial charge in [-0.3, -0.25) is 4.68 Å². The summed E-state index contributed by atoms with van der Waals surface area (Å²) in [6.45, 7) is 2.10. The third-order valence-corrected chi connectivity index (χ3v) is 2.52. The van der Waals surface area contributed by atoms with Crippen molar-refractivity contribution in [3.05, 3.63) is 36.0 Å². The van der Waals surface area contributed by atoms with Gasteiger partial charge in [-0.2, -0.15) is 5.10 Å². The number of aromatic nitrogens is 2. The highest BCUT2D eigenvalue weighted by atomic mass is 15.2. The fraction of sp³-hybridized carbons (Fsp3) is 0.250. The Bertz CT molecular complexity index is 471. The van der Waals surface area contributed by atoms with Crippen LogP contribution in [0.5, 0.6) is 0 Å². The molecule has 0 aliphatic carbocycles. The van der Waals surface area contributed by atoms with Crippen LogP contribution in [0.1, 0.15) is 5.56 Å². The fourth-order valence-corrected chi connectivity index (χ4v) is 1.61. The average molecular weight is 201 g/mol. The minimum atomic E-state index is 1.02. The van der Waals surface area contributed by atoms with Crippen molar-refractivity contribution < 1.29 is 0 Å². The summed E-state index contributed by atoms with van der Waals surface area (Å²) >= 11 is 0. The zero-order chi connectivity index (χ0) is 10.8. The Kier molecular flexibility index (Phi) is 2.46. The highest BCUT2D eigenvalue weighted by molar-refractivity contribution is 5.68. The molecule has 0 aliphatic rings. The molecule has 1 heterocycles. The number of benzene rings is 1. The van der Waals surface area contributed by atoms with E-state index in [1.54, 1.807) is 0 Å². The Hall–Kier alpha value is -1.77. The van der Waals surface area contributed by atoms with Crippen molar-refractivity contribution in [1.29, 1.82) is 0 Å². The van der Waals surface area contributed by atoms with E-state index >= 15 is 0 Å². The van der Waals surface area contributed by atoms with Gasteiger partial charge in [0.05, 0.1) is 5.69 Å². The van der Waals surface area contributed by atoms with E-state index < -0.39 is 0 Å². The first-order valence-electron chi connectivity index (χ1n) is 4.99. The molecular weight excluding hydrogens is 186 g/mol. The van der Waals surface area contributed by atoms with E-state index in [2.05, 4.69) is 35.5 Å². The minimum absolute atomic E-state index is 1.02. The Balaban J connectivity index is 2.51. The molecular formula is C12H15N3. The van der Waals surface area contributed by atoms with Crippen molar-refractivity contribution in [3.8, 4) is 11.3 Å². The van der Waals surface area contributed by atoms with Gasteiger partial charge in [0.1, 0.15) is 0 Å². The Morgan fingerprint density at radius 3 is 2.67 bits per heavy atom. The number of rotatable bonds is 2. The van der Waals surface area contributed by atoms with Crippen molar-refractivity contribution in [1.82, 2.24) is 9.78 Å². The molecule has 2 rings (SSSR count). The van der Waals surface area contributed by atoms with Crippen molar-refractivity contribution in [3.63, 3.8) is 0 Å². The zero-order valence-corrected chi connectivity index (χ0v) is 9.28. The number of hydrogen-bond acceptors (Lipinski definition) is 2. The predicted molar refractivity (Wildman–Crippen MR) is 62.9 cm³/mol. The molecule has 3 nitrogen and oxygen atoms in total. The monoisotopic (exact) mass is 201 g/mol. The topological polar surface area (TPSA) is 29.9 Å². The molecule has 0 aliphatic heterocycles. The Morgan fingerprint density at radius 2 is 2.07 bits per heavy atom. The van der Waals surface area contributed by atoms with Crippen LogP contribution < -0.4 is 5.32 Å². The molecule has 0 spiro atoms. The molecule has 78 valence electrons. The molecule has 0 saturated carbocycles. The largest absolute Gasteiger partial charge is 0.388 e. The lowest BCUT2D eigenvalue weighted by Gasteiger charge is -2.06. The fourth-order valence-electron chi connectivity index (χ4n) is 1.61. The summed E-state index contributed by atoms with van der Waals surface area (Å²) in [5, 5.41) is 7.54. The SMILES string of the molecule is CNc1ccc(C)c(-c2ccn(C)n2)c1. The maximum atomic E-state index is 4.41. The first kappa shape index (κ1) is 9.77. The van der Waals surface area contributed by atoms with Crippen molar-refractivity contribution in [2.45, 2.75) is 6.92 Å². The molecule has 0 radical (unpaired) electrons. The van der Waals surface area contributed by atoms with E-state index in [1.807, 2.05) is 31.0 Å². The summed E-state index contributed by atoms with van der Waals surface area (Å²) in [6, 6.07) is 8.33. The van der Waals surface area contributed by atoms with Crippen molar-refractivity contribution >= 4 is 5.69 Å².